The largest absolute Gasteiger partial charge is 0.0835 e. The van der Waals surface area contributed by atoms with Gasteiger partial charge < -0.3 is 0 Å². The second kappa shape index (κ2) is 7.61. The van der Waals surface area contributed by atoms with Crippen LogP contribution in [0, 0.1) is 0 Å². The Bertz CT molecular complexity index is 723. The molecule has 0 radical (unpaired) electrons. The summed E-state index contributed by atoms with van der Waals surface area (Å²) in [5, 5.41) is 3.40. The highest BCUT2D eigenvalue weighted by Gasteiger charge is 2.14. The number of aryl methyl sites for hydroxylation is 1. The van der Waals surface area contributed by atoms with Gasteiger partial charge in [0.05, 0.1) is 9.52 Å². The van der Waals surface area contributed by atoms with E-state index in [1.165, 1.54) is 18.4 Å². The molecule has 0 saturated heterocycles. The number of benzene rings is 2. The molecule has 0 heterocycles. The van der Waals surface area contributed by atoms with E-state index < -0.39 is 0 Å². The maximum Gasteiger partial charge on any atom is 0.0835 e. The molecule has 0 atom stereocenters. The maximum atomic E-state index is 2.38. The quantitative estimate of drug-likeness (QED) is 0.705. The third kappa shape index (κ3) is 3.73. The molecule has 0 spiro atoms. The van der Waals surface area contributed by atoms with Crippen LogP contribution in [0.5, 0.6) is 0 Å². The molecule has 0 unspecified atom stereocenters. The Balaban J connectivity index is 1.85. The van der Waals surface area contributed by atoms with E-state index >= 15 is 0 Å². The topological polar surface area (TPSA) is 0 Å². The van der Waals surface area contributed by atoms with Crippen molar-refractivity contribution in [1.82, 2.24) is 0 Å². The highest BCUT2D eigenvalue weighted by molar-refractivity contribution is 6.62. The summed E-state index contributed by atoms with van der Waals surface area (Å²) < 4.78 is 0. The molecule has 23 heavy (non-hydrogen) atoms. The third-order valence-electron chi connectivity index (χ3n) is 4.88. The highest BCUT2D eigenvalue weighted by atomic mass is 28.2. The van der Waals surface area contributed by atoms with Crippen molar-refractivity contribution < 1.29 is 0 Å². The summed E-state index contributed by atoms with van der Waals surface area (Å²) in [6.45, 7) is 4.58. The van der Waals surface area contributed by atoms with E-state index in [1.807, 2.05) is 0 Å². The Morgan fingerprint density at radius 3 is 2.48 bits per heavy atom. The van der Waals surface area contributed by atoms with Crippen molar-refractivity contribution in [1.29, 1.82) is 0 Å². The SMILES string of the molecule is CCc1cccc([SiH2]C2=C(Cc3ccccc3)C=CC2)c1CC. The summed E-state index contributed by atoms with van der Waals surface area (Å²) in [6, 6.07) is 17.8. The summed E-state index contributed by atoms with van der Waals surface area (Å²) in [6.07, 6.45) is 9.31. The molecule has 0 aromatic heterocycles. The van der Waals surface area contributed by atoms with E-state index in [2.05, 4.69) is 74.5 Å². The van der Waals surface area contributed by atoms with Crippen LogP contribution in [0.15, 0.2) is 71.5 Å². The van der Waals surface area contributed by atoms with E-state index in [4.69, 9.17) is 0 Å². The number of hydrogen-bond acceptors (Lipinski definition) is 0. The number of hydrogen-bond donors (Lipinski definition) is 0. The van der Waals surface area contributed by atoms with E-state index in [1.54, 1.807) is 27.1 Å². The summed E-state index contributed by atoms with van der Waals surface area (Å²) in [7, 11) is -0.352. The van der Waals surface area contributed by atoms with Gasteiger partial charge in [-0.3, -0.25) is 0 Å². The minimum absolute atomic E-state index is 0.352. The Kier molecular flexibility index (Phi) is 5.30. The molecule has 0 N–H and O–H groups in total. The molecule has 0 bridgehead atoms. The predicted molar refractivity (Wildman–Crippen MR) is 104 cm³/mol. The van der Waals surface area contributed by atoms with Gasteiger partial charge in [-0.15, -0.1) is 0 Å². The van der Waals surface area contributed by atoms with Crippen molar-refractivity contribution in [2.75, 3.05) is 0 Å². The number of rotatable bonds is 6. The van der Waals surface area contributed by atoms with Crippen LogP contribution in [0.25, 0.3) is 0 Å². The average Bonchev–Trinajstić information content (AvgIpc) is 3.02. The molecule has 0 amide bonds. The minimum Gasteiger partial charge on any atom is -0.0806 e. The van der Waals surface area contributed by atoms with Crippen LogP contribution in [-0.2, 0) is 19.3 Å². The molecule has 2 aromatic rings. The van der Waals surface area contributed by atoms with Gasteiger partial charge in [0.15, 0.2) is 0 Å². The first-order chi connectivity index (χ1) is 11.3. The van der Waals surface area contributed by atoms with Crippen molar-refractivity contribution in [3.8, 4) is 0 Å². The molecule has 118 valence electrons. The molecule has 2 aromatic carbocycles. The van der Waals surface area contributed by atoms with E-state index in [-0.39, 0.29) is 9.52 Å². The summed E-state index contributed by atoms with van der Waals surface area (Å²) in [5.41, 5.74) is 6.18. The van der Waals surface area contributed by atoms with Gasteiger partial charge in [0.1, 0.15) is 0 Å². The summed E-state index contributed by atoms with van der Waals surface area (Å²) >= 11 is 0. The third-order valence-corrected chi connectivity index (χ3v) is 7.10. The summed E-state index contributed by atoms with van der Waals surface area (Å²) in [5.74, 6) is 0. The molecule has 1 aliphatic carbocycles. The monoisotopic (exact) mass is 318 g/mol. The van der Waals surface area contributed by atoms with Gasteiger partial charge in [-0.05, 0) is 47.9 Å². The van der Waals surface area contributed by atoms with E-state index in [0.29, 0.717) is 0 Å². The average molecular weight is 319 g/mol. The highest BCUT2D eigenvalue weighted by Crippen LogP contribution is 2.22. The zero-order chi connectivity index (χ0) is 16.1. The Morgan fingerprint density at radius 1 is 0.913 bits per heavy atom. The van der Waals surface area contributed by atoms with Crippen LogP contribution in [0.4, 0.5) is 0 Å². The molecular weight excluding hydrogens is 292 g/mol. The van der Waals surface area contributed by atoms with Gasteiger partial charge in [0.2, 0.25) is 0 Å². The lowest BCUT2D eigenvalue weighted by Gasteiger charge is -2.14. The first kappa shape index (κ1) is 16.0. The first-order valence-electron chi connectivity index (χ1n) is 8.82. The van der Waals surface area contributed by atoms with Crippen molar-refractivity contribution >= 4 is 14.7 Å². The Morgan fingerprint density at radius 2 is 1.74 bits per heavy atom. The van der Waals surface area contributed by atoms with Crippen LogP contribution in [0.2, 0.25) is 0 Å². The predicted octanol–water partition coefficient (Wildman–Crippen LogP) is 4.06. The van der Waals surface area contributed by atoms with Crippen LogP contribution in [0.3, 0.4) is 0 Å². The molecule has 0 aliphatic heterocycles. The standard InChI is InChI=1S/C22H26Si/c1-3-18-12-8-15-22(20(18)4-2)23-21-14-9-13-19(21)16-17-10-6-5-7-11-17/h5-13,15H,3-4,14,16,23H2,1-2H3. The lowest BCUT2D eigenvalue weighted by Crippen LogP contribution is -2.23. The fourth-order valence-electron chi connectivity index (χ4n) is 3.65. The fourth-order valence-corrected chi connectivity index (χ4v) is 5.83. The zero-order valence-corrected chi connectivity index (χ0v) is 15.7. The molecular formula is C22H26Si. The van der Waals surface area contributed by atoms with Gasteiger partial charge in [0.25, 0.3) is 0 Å². The van der Waals surface area contributed by atoms with Gasteiger partial charge in [-0.25, -0.2) is 0 Å². The smallest absolute Gasteiger partial charge is 0.0806 e. The zero-order valence-electron chi connectivity index (χ0n) is 14.3. The van der Waals surface area contributed by atoms with Crippen molar-refractivity contribution in [3.05, 3.63) is 88.1 Å². The van der Waals surface area contributed by atoms with Crippen LogP contribution in [0.1, 0.15) is 37.0 Å². The second-order valence-electron chi connectivity index (χ2n) is 6.34. The summed E-state index contributed by atoms with van der Waals surface area (Å²) in [4.78, 5) is 0. The molecule has 0 nitrogen and oxygen atoms in total. The van der Waals surface area contributed by atoms with Crippen LogP contribution in [-0.4, -0.2) is 9.52 Å². The van der Waals surface area contributed by atoms with E-state index in [0.717, 1.165) is 12.8 Å². The van der Waals surface area contributed by atoms with Crippen molar-refractivity contribution in [3.63, 3.8) is 0 Å². The lowest BCUT2D eigenvalue weighted by atomic mass is 10.0. The molecule has 0 saturated carbocycles. The maximum absolute atomic E-state index is 2.38. The van der Waals surface area contributed by atoms with Crippen molar-refractivity contribution in [2.24, 2.45) is 0 Å². The van der Waals surface area contributed by atoms with Gasteiger partial charge in [-0.1, -0.05) is 84.9 Å². The first-order valence-corrected chi connectivity index (χ1v) is 10.2. The van der Waals surface area contributed by atoms with Gasteiger partial charge >= 0.3 is 0 Å². The fraction of sp³-hybridized carbons (Fsp3) is 0.273. The normalized spacial score (nSPS) is 14.3. The molecule has 1 aliphatic rings. The molecule has 1 heteroatoms. The Hall–Kier alpha value is -1.86. The molecule has 0 fully saturated rings. The van der Waals surface area contributed by atoms with E-state index in [9.17, 15) is 0 Å². The molecule has 3 rings (SSSR count). The van der Waals surface area contributed by atoms with Crippen LogP contribution >= 0.6 is 0 Å². The van der Waals surface area contributed by atoms with Crippen molar-refractivity contribution in [2.45, 2.75) is 39.5 Å². The van der Waals surface area contributed by atoms with Gasteiger partial charge in [0, 0.05) is 0 Å². The lowest BCUT2D eigenvalue weighted by molar-refractivity contribution is 1.05. The number of allylic oxidation sites excluding steroid dienone is 4. The van der Waals surface area contributed by atoms with Gasteiger partial charge in [-0.2, -0.15) is 0 Å². The second-order valence-corrected chi connectivity index (χ2v) is 8.31. The Labute approximate surface area is 142 Å². The minimum atomic E-state index is -0.352. The van der Waals surface area contributed by atoms with Crippen LogP contribution < -0.4 is 5.19 Å².